The zero-order valence-corrected chi connectivity index (χ0v) is 20.9. The fourth-order valence-electron chi connectivity index (χ4n) is 4.46. The van der Waals surface area contributed by atoms with Crippen molar-refractivity contribution >= 4 is 17.9 Å². The number of hydrogen-bond acceptors (Lipinski definition) is 5. The van der Waals surface area contributed by atoms with Gasteiger partial charge in [-0.3, -0.25) is 9.59 Å². The number of aryl methyl sites for hydroxylation is 1. The lowest BCUT2D eigenvalue weighted by molar-refractivity contribution is -0.274. The third-order valence-electron chi connectivity index (χ3n) is 6.12. The Bertz CT molecular complexity index is 1200. The van der Waals surface area contributed by atoms with Gasteiger partial charge < -0.3 is 24.6 Å². The summed E-state index contributed by atoms with van der Waals surface area (Å²) in [5.74, 6) is -1.08. The highest BCUT2D eigenvalue weighted by Crippen LogP contribution is 2.39. The van der Waals surface area contributed by atoms with Crippen LogP contribution in [0.5, 0.6) is 5.75 Å². The molecule has 0 aliphatic carbocycles. The first kappa shape index (κ1) is 26.3. The van der Waals surface area contributed by atoms with Crippen LogP contribution >= 0.6 is 0 Å². The molecule has 1 atom stereocenters. The van der Waals surface area contributed by atoms with Crippen molar-refractivity contribution in [2.75, 3.05) is 13.1 Å². The number of halogens is 3. The highest BCUT2D eigenvalue weighted by atomic mass is 19.4. The number of likely N-dealkylation sites (tertiary alicyclic amines) is 1. The van der Waals surface area contributed by atoms with Gasteiger partial charge in [0.15, 0.2) is 0 Å². The van der Waals surface area contributed by atoms with Crippen LogP contribution in [-0.2, 0) is 16.1 Å². The van der Waals surface area contributed by atoms with Crippen molar-refractivity contribution in [3.8, 4) is 5.75 Å². The van der Waals surface area contributed by atoms with E-state index in [-0.39, 0.29) is 37.3 Å². The summed E-state index contributed by atoms with van der Waals surface area (Å²) in [4.78, 5) is 42.1. The number of carbonyl (C=O) groups is 3. The molecule has 198 valence electrons. The summed E-state index contributed by atoms with van der Waals surface area (Å²) in [6.07, 6.45) is -5.27. The minimum Gasteiger partial charge on any atom is -0.444 e. The first-order valence-electron chi connectivity index (χ1n) is 11.8. The van der Waals surface area contributed by atoms with Crippen LogP contribution in [0.3, 0.4) is 0 Å². The molecule has 0 saturated carbocycles. The summed E-state index contributed by atoms with van der Waals surface area (Å²) in [5.41, 5.74) is 1.73. The van der Waals surface area contributed by atoms with E-state index in [0.717, 1.165) is 5.56 Å². The van der Waals surface area contributed by atoms with Crippen LogP contribution in [0.2, 0.25) is 0 Å². The van der Waals surface area contributed by atoms with Gasteiger partial charge in [-0.1, -0.05) is 24.3 Å². The highest BCUT2D eigenvalue weighted by molar-refractivity contribution is 6.05. The molecule has 0 spiro atoms. The van der Waals surface area contributed by atoms with E-state index in [9.17, 15) is 27.6 Å². The molecule has 1 N–H and O–H groups in total. The van der Waals surface area contributed by atoms with Crippen LogP contribution in [0.1, 0.15) is 53.9 Å². The molecule has 11 heteroatoms. The fourth-order valence-corrected chi connectivity index (χ4v) is 4.46. The number of carbonyl (C=O) groups excluding carboxylic acids is 3. The third kappa shape index (κ3) is 5.81. The molecule has 0 aromatic heterocycles. The first-order chi connectivity index (χ1) is 17.2. The maximum atomic E-state index is 13.4. The molecule has 2 aromatic carbocycles. The Morgan fingerprint density at radius 3 is 2.30 bits per heavy atom. The number of nitrogens with one attached hydrogen (secondary N) is 1. The van der Waals surface area contributed by atoms with Gasteiger partial charge in [-0.25, -0.2) is 4.79 Å². The number of amides is 3. The van der Waals surface area contributed by atoms with Crippen LogP contribution in [0.4, 0.5) is 18.0 Å². The van der Waals surface area contributed by atoms with E-state index in [1.165, 1.54) is 34.1 Å². The summed E-state index contributed by atoms with van der Waals surface area (Å²) in [6.45, 7) is 7.63. The number of fused-ring (bicyclic) bond motifs is 1. The molecular weight excluding hydrogens is 491 g/mol. The molecule has 2 aromatic rings. The normalized spacial score (nSPS) is 17.8. The van der Waals surface area contributed by atoms with E-state index >= 15 is 0 Å². The monoisotopic (exact) mass is 519 g/mol. The van der Waals surface area contributed by atoms with Gasteiger partial charge in [-0.05, 0) is 62.6 Å². The maximum Gasteiger partial charge on any atom is 0.573 e. The second-order valence-electron chi connectivity index (χ2n) is 10.1. The lowest BCUT2D eigenvalue weighted by atomic mass is 9.97. The van der Waals surface area contributed by atoms with Crippen LogP contribution < -0.4 is 10.1 Å². The van der Waals surface area contributed by atoms with Crippen molar-refractivity contribution < 1.29 is 37.0 Å². The van der Waals surface area contributed by atoms with E-state index < -0.39 is 30.0 Å². The quantitative estimate of drug-likeness (QED) is 0.636. The molecule has 4 rings (SSSR count). The van der Waals surface area contributed by atoms with Gasteiger partial charge in [0.25, 0.3) is 5.91 Å². The molecule has 3 amide bonds. The Balaban J connectivity index is 1.48. The number of ether oxygens (including phenoxy) is 2. The van der Waals surface area contributed by atoms with Gasteiger partial charge in [-0.2, -0.15) is 0 Å². The molecule has 0 radical (unpaired) electrons. The van der Waals surface area contributed by atoms with Gasteiger partial charge in [0.2, 0.25) is 5.91 Å². The summed E-state index contributed by atoms with van der Waals surface area (Å²) in [7, 11) is 0. The predicted octanol–water partition coefficient (Wildman–Crippen LogP) is 4.33. The zero-order chi connectivity index (χ0) is 27.1. The van der Waals surface area contributed by atoms with Crippen LogP contribution in [0.15, 0.2) is 42.5 Å². The van der Waals surface area contributed by atoms with E-state index in [2.05, 4.69) is 10.1 Å². The fraction of sp³-hybridized carbons (Fsp3) is 0.423. The molecule has 8 nitrogen and oxygen atoms in total. The second kappa shape index (κ2) is 9.60. The SMILES string of the molecule is Cc1cccc2c1C(C(=O)NCc1ccc(OC(F)(F)F)cc1)N(C1CN(C(=O)OC(C)(C)C)C1)C2=O. The highest BCUT2D eigenvalue weighted by Gasteiger charge is 2.49. The number of benzene rings is 2. The second-order valence-corrected chi connectivity index (χ2v) is 10.1. The smallest absolute Gasteiger partial charge is 0.444 e. The number of alkyl halides is 3. The van der Waals surface area contributed by atoms with Crippen LogP contribution in [0, 0.1) is 6.92 Å². The van der Waals surface area contributed by atoms with Crippen molar-refractivity contribution in [1.82, 2.24) is 15.1 Å². The summed E-state index contributed by atoms with van der Waals surface area (Å²) >= 11 is 0. The van der Waals surface area contributed by atoms with E-state index in [1.54, 1.807) is 32.9 Å². The molecule has 2 heterocycles. The summed E-state index contributed by atoms with van der Waals surface area (Å²) < 4.78 is 46.4. The van der Waals surface area contributed by atoms with Crippen LogP contribution in [-0.4, -0.2) is 58.8 Å². The predicted molar refractivity (Wildman–Crippen MR) is 127 cm³/mol. The lowest BCUT2D eigenvalue weighted by Gasteiger charge is -2.45. The molecule has 2 aliphatic heterocycles. The molecule has 1 fully saturated rings. The standard InChI is InChI=1S/C26H28F3N3O5/c1-15-6-5-7-19-20(15)21(22(33)30-12-16-8-10-18(11-9-16)36-26(27,28)29)32(23(19)34)17-13-31(14-17)24(35)37-25(2,3)4/h5-11,17,21H,12-14H2,1-4H3,(H,30,33). The minimum atomic E-state index is -4.79. The van der Waals surface area contributed by atoms with E-state index in [0.29, 0.717) is 16.7 Å². The van der Waals surface area contributed by atoms with Crippen molar-refractivity contribution in [1.29, 1.82) is 0 Å². The first-order valence-corrected chi connectivity index (χ1v) is 11.8. The number of rotatable bonds is 5. The summed E-state index contributed by atoms with van der Waals surface area (Å²) in [6, 6.07) is 9.15. The average molecular weight is 520 g/mol. The molecule has 2 aliphatic rings. The Morgan fingerprint density at radius 2 is 1.70 bits per heavy atom. The maximum absolute atomic E-state index is 13.4. The van der Waals surface area contributed by atoms with Crippen LogP contribution in [0.25, 0.3) is 0 Å². The topological polar surface area (TPSA) is 88.2 Å². The Hall–Kier alpha value is -3.76. The number of hydrogen-bond donors (Lipinski definition) is 1. The average Bonchev–Trinajstić information content (AvgIpc) is 3.03. The molecule has 0 bridgehead atoms. The van der Waals surface area contributed by atoms with Crippen molar-refractivity contribution in [3.63, 3.8) is 0 Å². The Kier molecular flexibility index (Phi) is 6.83. The number of nitrogens with zero attached hydrogens (tertiary/aromatic N) is 2. The van der Waals surface area contributed by atoms with Gasteiger partial charge in [0.1, 0.15) is 17.4 Å². The zero-order valence-electron chi connectivity index (χ0n) is 20.9. The largest absolute Gasteiger partial charge is 0.573 e. The lowest BCUT2D eigenvalue weighted by Crippen LogP contribution is -2.63. The van der Waals surface area contributed by atoms with Gasteiger partial charge in [0.05, 0.1) is 6.04 Å². The minimum absolute atomic E-state index is 0.0412. The third-order valence-corrected chi connectivity index (χ3v) is 6.12. The van der Waals surface area contributed by atoms with E-state index in [1.807, 2.05) is 13.0 Å². The van der Waals surface area contributed by atoms with Crippen molar-refractivity contribution in [2.24, 2.45) is 0 Å². The molecule has 1 saturated heterocycles. The molecule has 37 heavy (non-hydrogen) atoms. The van der Waals surface area contributed by atoms with Gasteiger partial charge in [-0.15, -0.1) is 13.2 Å². The Morgan fingerprint density at radius 1 is 1.05 bits per heavy atom. The van der Waals surface area contributed by atoms with Gasteiger partial charge in [0, 0.05) is 25.2 Å². The molecular formula is C26H28F3N3O5. The molecule has 1 unspecified atom stereocenters. The summed E-state index contributed by atoms with van der Waals surface area (Å²) in [5, 5.41) is 2.79. The van der Waals surface area contributed by atoms with E-state index in [4.69, 9.17) is 4.74 Å². The van der Waals surface area contributed by atoms with Crippen molar-refractivity contribution in [2.45, 2.75) is 58.3 Å². The van der Waals surface area contributed by atoms with Gasteiger partial charge >= 0.3 is 12.5 Å². The van der Waals surface area contributed by atoms with Crippen molar-refractivity contribution in [3.05, 3.63) is 64.7 Å². The Labute approximate surface area is 212 Å².